The van der Waals surface area contributed by atoms with Gasteiger partial charge in [0.05, 0.1) is 24.9 Å². The fourth-order valence-corrected chi connectivity index (χ4v) is 1.77. The van der Waals surface area contributed by atoms with Gasteiger partial charge in [-0.3, -0.25) is 0 Å². The van der Waals surface area contributed by atoms with Crippen molar-refractivity contribution in [2.45, 2.75) is 58.0 Å². The molecular weight excluding hydrogens is 166 g/mol. The van der Waals surface area contributed by atoms with Crippen molar-refractivity contribution < 1.29 is 9.47 Å². The zero-order valence-corrected chi connectivity index (χ0v) is 8.82. The Morgan fingerprint density at radius 3 is 2.38 bits per heavy atom. The predicted molar refractivity (Wildman–Crippen MR) is 52.6 cm³/mol. The van der Waals surface area contributed by atoms with Crippen LogP contribution >= 0.6 is 0 Å². The van der Waals surface area contributed by atoms with E-state index >= 15 is 0 Å². The van der Waals surface area contributed by atoms with Crippen LogP contribution in [-0.4, -0.2) is 31.0 Å². The van der Waals surface area contributed by atoms with Gasteiger partial charge in [-0.2, -0.15) is 0 Å². The minimum absolute atomic E-state index is 0.133. The second-order valence-electron chi connectivity index (χ2n) is 4.16. The van der Waals surface area contributed by atoms with Crippen LogP contribution in [0, 0.1) is 0 Å². The highest BCUT2D eigenvalue weighted by Crippen LogP contribution is 2.21. The highest BCUT2D eigenvalue weighted by molar-refractivity contribution is 4.74. The first-order chi connectivity index (χ1) is 6.08. The maximum Gasteiger partial charge on any atom is 0.0625 e. The first-order valence-corrected chi connectivity index (χ1v) is 5.10. The Morgan fingerprint density at radius 2 is 1.92 bits per heavy atom. The molecule has 2 N–H and O–H groups in total. The number of rotatable bonds is 3. The average Bonchev–Trinajstić information content (AvgIpc) is 1.99. The number of hydrogen-bond acceptors (Lipinski definition) is 3. The van der Waals surface area contributed by atoms with Gasteiger partial charge in [0.1, 0.15) is 0 Å². The summed E-state index contributed by atoms with van der Waals surface area (Å²) in [5, 5.41) is 0. The lowest BCUT2D eigenvalue weighted by Gasteiger charge is -2.32. The Hall–Kier alpha value is -0.120. The van der Waals surface area contributed by atoms with Crippen molar-refractivity contribution in [3.05, 3.63) is 0 Å². The highest BCUT2D eigenvalue weighted by Gasteiger charge is 2.24. The molecule has 0 spiro atoms. The molecule has 1 heterocycles. The highest BCUT2D eigenvalue weighted by atomic mass is 16.5. The molecule has 0 aliphatic carbocycles. The molecule has 0 aromatic rings. The second kappa shape index (κ2) is 4.94. The number of nitrogens with two attached hydrogens (primary N) is 1. The summed E-state index contributed by atoms with van der Waals surface area (Å²) >= 11 is 0. The van der Waals surface area contributed by atoms with Gasteiger partial charge < -0.3 is 15.2 Å². The molecule has 0 radical (unpaired) electrons. The van der Waals surface area contributed by atoms with Crippen molar-refractivity contribution in [3.8, 4) is 0 Å². The van der Waals surface area contributed by atoms with E-state index in [1.165, 1.54) is 0 Å². The Morgan fingerprint density at radius 1 is 1.38 bits per heavy atom. The first-order valence-electron chi connectivity index (χ1n) is 5.10. The summed E-state index contributed by atoms with van der Waals surface area (Å²) in [6.07, 6.45) is 2.97. The molecule has 0 saturated carbocycles. The van der Waals surface area contributed by atoms with Crippen molar-refractivity contribution in [3.63, 3.8) is 0 Å². The first kappa shape index (κ1) is 11.0. The Labute approximate surface area is 80.6 Å². The van der Waals surface area contributed by atoms with Crippen molar-refractivity contribution >= 4 is 0 Å². The molecule has 1 rings (SSSR count). The van der Waals surface area contributed by atoms with E-state index in [-0.39, 0.29) is 6.04 Å². The van der Waals surface area contributed by atoms with Gasteiger partial charge in [0.15, 0.2) is 0 Å². The summed E-state index contributed by atoms with van der Waals surface area (Å²) in [4.78, 5) is 0. The van der Waals surface area contributed by atoms with Gasteiger partial charge in [0.2, 0.25) is 0 Å². The van der Waals surface area contributed by atoms with Crippen molar-refractivity contribution in [1.82, 2.24) is 0 Å². The molecule has 3 heteroatoms. The molecule has 0 amide bonds. The third-order valence-corrected chi connectivity index (χ3v) is 2.25. The topological polar surface area (TPSA) is 44.5 Å². The van der Waals surface area contributed by atoms with Gasteiger partial charge in [-0.1, -0.05) is 0 Å². The van der Waals surface area contributed by atoms with E-state index in [0.717, 1.165) is 12.8 Å². The maximum absolute atomic E-state index is 5.68. The molecule has 1 fully saturated rings. The van der Waals surface area contributed by atoms with Crippen LogP contribution in [0.4, 0.5) is 0 Å². The van der Waals surface area contributed by atoms with Crippen molar-refractivity contribution in [2.24, 2.45) is 5.73 Å². The zero-order valence-electron chi connectivity index (χ0n) is 8.82. The molecule has 1 aliphatic heterocycles. The smallest absolute Gasteiger partial charge is 0.0625 e. The SMILES string of the molecule is CC1CC(OC[C@H](C)N)CC(C)O1. The molecule has 13 heavy (non-hydrogen) atoms. The molecule has 0 aromatic carbocycles. The quantitative estimate of drug-likeness (QED) is 0.724. The summed E-state index contributed by atoms with van der Waals surface area (Å²) in [5.41, 5.74) is 5.62. The Bertz CT molecular complexity index is 140. The van der Waals surface area contributed by atoms with E-state index in [1.54, 1.807) is 0 Å². The van der Waals surface area contributed by atoms with Crippen LogP contribution in [0.3, 0.4) is 0 Å². The van der Waals surface area contributed by atoms with Gasteiger partial charge in [-0.05, 0) is 33.6 Å². The summed E-state index contributed by atoms with van der Waals surface area (Å²) in [5.74, 6) is 0. The molecular formula is C10H21NO2. The van der Waals surface area contributed by atoms with E-state index in [0.29, 0.717) is 24.9 Å². The largest absolute Gasteiger partial charge is 0.376 e. The van der Waals surface area contributed by atoms with Crippen LogP contribution in [0.15, 0.2) is 0 Å². The van der Waals surface area contributed by atoms with Gasteiger partial charge in [-0.25, -0.2) is 0 Å². The van der Waals surface area contributed by atoms with Crippen LogP contribution < -0.4 is 5.73 Å². The van der Waals surface area contributed by atoms with Crippen molar-refractivity contribution in [2.75, 3.05) is 6.61 Å². The lowest BCUT2D eigenvalue weighted by Crippen LogP contribution is -2.36. The molecule has 0 aromatic heterocycles. The normalized spacial score (nSPS) is 37.4. The monoisotopic (exact) mass is 187 g/mol. The van der Waals surface area contributed by atoms with Crippen LogP contribution in [0.1, 0.15) is 33.6 Å². The van der Waals surface area contributed by atoms with Gasteiger partial charge in [0.25, 0.3) is 0 Å². The fourth-order valence-electron chi connectivity index (χ4n) is 1.77. The van der Waals surface area contributed by atoms with E-state index < -0.39 is 0 Å². The Balaban J connectivity index is 2.25. The van der Waals surface area contributed by atoms with E-state index in [9.17, 15) is 0 Å². The third-order valence-electron chi connectivity index (χ3n) is 2.25. The van der Waals surface area contributed by atoms with Crippen LogP contribution in [0.2, 0.25) is 0 Å². The molecule has 1 aliphatic rings. The molecule has 1 saturated heterocycles. The summed E-state index contributed by atoms with van der Waals surface area (Å²) in [6.45, 7) is 6.81. The second-order valence-corrected chi connectivity index (χ2v) is 4.16. The molecule has 0 bridgehead atoms. The van der Waals surface area contributed by atoms with E-state index in [2.05, 4.69) is 13.8 Å². The van der Waals surface area contributed by atoms with Gasteiger partial charge in [0, 0.05) is 6.04 Å². The minimum atomic E-state index is 0.133. The standard InChI is InChI=1S/C10H21NO2/c1-7(11)6-12-10-4-8(2)13-9(3)5-10/h7-10H,4-6,11H2,1-3H3/t7-,8?,9?,10?/m0/s1. The molecule has 78 valence electrons. The predicted octanol–water partition coefficient (Wildman–Crippen LogP) is 1.31. The third kappa shape index (κ3) is 4.07. The fraction of sp³-hybridized carbons (Fsp3) is 1.00. The summed E-state index contributed by atoms with van der Waals surface area (Å²) < 4.78 is 11.3. The molecule has 3 atom stereocenters. The van der Waals surface area contributed by atoms with Crippen LogP contribution in [-0.2, 0) is 9.47 Å². The summed E-state index contributed by atoms with van der Waals surface area (Å²) in [7, 11) is 0. The Kier molecular flexibility index (Phi) is 4.16. The summed E-state index contributed by atoms with van der Waals surface area (Å²) in [6, 6.07) is 0.133. The van der Waals surface area contributed by atoms with E-state index in [4.69, 9.17) is 15.2 Å². The lowest BCUT2D eigenvalue weighted by molar-refractivity contribution is -0.103. The molecule has 3 nitrogen and oxygen atoms in total. The number of ether oxygens (including phenoxy) is 2. The molecule has 2 unspecified atom stereocenters. The van der Waals surface area contributed by atoms with Crippen molar-refractivity contribution in [1.29, 1.82) is 0 Å². The number of hydrogen-bond donors (Lipinski definition) is 1. The zero-order chi connectivity index (χ0) is 9.84. The van der Waals surface area contributed by atoms with Crippen LogP contribution in [0.5, 0.6) is 0 Å². The van der Waals surface area contributed by atoms with Crippen LogP contribution in [0.25, 0.3) is 0 Å². The van der Waals surface area contributed by atoms with E-state index in [1.807, 2.05) is 6.92 Å². The lowest BCUT2D eigenvalue weighted by atomic mass is 10.0. The van der Waals surface area contributed by atoms with Gasteiger partial charge in [-0.15, -0.1) is 0 Å². The average molecular weight is 187 g/mol. The maximum atomic E-state index is 5.68. The minimum Gasteiger partial charge on any atom is -0.376 e. The van der Waals surface area contributed by atoms with Gasteiger partial charge >= 0.3 is 0 Å².